The number of benzene rings is 2. The van der Waals surface area contributed by atoms with Gasteiger partial charge in [0.25, 0.3) is 0 Å². The number of fused-ring (bicyclic) bond motifs is 1. The Morgan fingerprint density at radius 2 is 1.74 bits per heavy atom. The molecule has 0 spiro atoms. The first-order chi connectivity index (χ1) is 15.2. The highest BCUT2D eigenvalue weighted by Gasteiger charge is 2.15. The number of aromatic nitrogens is 2. The van der Waals surface area contributed by atoms with Crippen LogP contribution in [0.3, 0.4) is 0 Å². The summed E-state index contributed by atoms with van der Waals surface area (Å²) in [7, 11) is 0. The lowest BCUT2D eigenvalue weighted by Gasteiger charge is -2.23. The molecule has 0 aliphatic heterocycles. The lowest BCUT2D eigenvalue weighted by molar-refractivity contribution is 0.155. The van der Waals surface area contributed by atoms with Gasteiger partial charge in [0.05, 0.1) is 6.10 Å². The molecule has 1 fully saturated rings. The largest absolute Gasteiger partial charge is 0.490 e. The molecule has 2 aromatic carbocycles. The molecule has 2 aliphatic carbocycles. The summed E-state index contributed by atoms with van der Waals surface area (Å²) in [6.45, 7) is 2.01. The second-order valence-electron chi connectivity index (χ2n) is 8.40. The highest BCUT2D eigenvalue weighted by molar-refractivity contribution is 5.69. The van der Waals surface area contributed by atoms with Crippen LogP contribution >= 0.6 is 0 Å². The molecule has 0 saturated heterocycles. The first-order valence-electron chi connectivity index (χ1n) is 11.2. The number of aryl methyl sites for hydroxylation is 1. The maximum atomic E-state index is 6.12. The van der Waals surface area contributed by atoms with E-state index >= 15 is 0 Å². The number of ether oxygens (including phenoxy) is 1. The molecular weight excluding hydrogens is 384 g/mol. The summed E-state index contributed by atoms with van der Waals surface area (Å²) in [5.74, 6) is 2.29. The van der Waals surface area contributed by atoms with Crippen LogP contribution in [0.1, 0.15) is 48.8 Å². The van der Waals surface area contributed by atoms with Gasteiger partial charge in [0.1, 0.15) is 11.6 Å². The summed E-state index contributed by atoms with van der Waals surface area (Å²) >= 11 is 0. The zero-order valence-corrected chi connectivity index (χ0v) is 17.9. The van der Waals surface area contributed by atoms with Gasteiger partial charge in [-0.1, -0.05) is 24.6 Å². The molecule has 1 saturated carbocycles. The van der Waals surface area contributed by atoms with Crippen LogP contribution in [0.25, 0.3) is 6.08 Å². The molecule has 0 bridgehead atoms. The molecule has 3 aromatic rings. The molecular formula is C26H28N4O. The molecule has 158 valence electrons. The molecule has 2 aliphatic rings. The summed E-state index contributed by atoms with van der Waals surface area (Å²) in [6, 6.07) is 14.5. The van der Waals surface area contributed by atoms with E-state index in [0.717, 1.165) is 47.8 Å². The fourth-order valence-corrected chi connectivity index (χ4v) is 4.21. The summed E-state index contributed by atoms with van der Waals surface area (Å²) in [5, 5.41) is 6.74. The third-order valence-corrected chi connectivity index (χ3v) is 5.98. The van der Waals surface area contributed by atoms with Gasteiger partial charge in [0.2, 0.25) is 5.95 Å². The van der Waals surface area contributed by atoms with Gasteiger partial charge in [-0.05, 0) is 86.6 Å². The van der Waals surface area contributed by atoms with E-state index in [1.165, 1.54) is 30.4 Å². The second-order valence-corrected chi connectivity index (χ2v) is 8.40. The molecule has 0 unspecified atom stereocenters. The predicted molar refractivity (Wildman–Crippen MR) is 126 cm³/mol. The maximum Gasteiger partial charge on any atom is 0.229 e. The van der Waals surface area contributed by atoms with Crippen LogP contribution in [0.5, 0.6) is 5.75 Å². The van der Waals surface area contributed by atoms with Crippen molar-refractivity contribution in [2.45, 2.75) is 51.6 Å². The predicted octanol–water partition coefficient (Wildman–Crippen LogP) is 6.55. The fraction of sp³-hybridized carbons (Fsp3) is 0.308. The minimum Gasteiger partial charge on any atom is -0.490 e. The van der Waals surface area contributed by atoms with Crippen molar-refractivity contribution in [1.29, 1.82) is 0 Å². The first kappa shape index (κ1) is 19.6. The topological polar surface area (TPSA) is 59.1 Å². The van der Waals surface area contributed by atoms with Crippen molar-refractivity contribution >= 4 is 29.2 Å². The number of anilines is 4. The van der Waals surface area contributed by atoms with E-state index in [-0.39, 0.29) is 0 Å². The second kappa shape index (κ2) is 8.80. The Hall–Kier alpha value is -3.34. The Morgan fingerprint density at radius 1 is 0.935 bits per heavy atom. The van der Waals surface area contributed by atoms with Crippen LogP contribution in [0.15, 0.2) is 54.7 Å². The molecule has 0 radical (unpaired) electrons. The number of hydrogen-bond acceptors (Lipinski definition) is 5. The molecule has 5 nitrogen and oxygen atoms in total. The highest BCUT2D eigenvalue weighted by Crippen LogP contribution is 2.27. The minimum atomic E-state index is 0.358. The van der Waals surface area contributed by atoms with Gasteiger partial charge in [-0.2, -0.15) is 4.98 Å². The average molecular weight is 413 g/mol. The average Bonchev–Trinajstić information content (AvgIpc) is 3.26. The van der Waals surface area contributed by atoms with Crippen molar-refractivity contribution in [1.82, 2.24) is 9.97 Å². The first-order valence-corrected chi connectivity index (χ1v) is 11.2. The number of allylic oxidation sites excluding steroid dienone is 1. The number of rotatable bonds is 6. The highest BCUT2D eigenvalue weighted by atomic mass is 16.5. The minimum absolute atomic E-state index is 0.358. The van der Waals surface area contributed by atoms with Crippen LogP contribution in [0.2, 0.25) is 0 Å². The number of hydrogen-bond donors (Lipinski definition) is 2. The maximum absolute atomic E-state index is 6.12. The van der Waals surface area contributed by atoms with E-state index in [1.54, 1.807) is 0 Å². The molecule has 31 heavy (non-hydrogen) atoms. The van der Waals surface area contributed by atoms with Gasteiger partial charge in [0.15, 0.2) is 0 Å². The molecule has 2 N–H and O–H groups in total. The zero-order valence-electron chi connectivity index (χ0n) is 17.9. The van der Waals surface area contributed by atoms with Crippen LogP contribution in [-0.2, 0) is 6.42 Å². The van der Waals surface area contributed by atoms with E-state index in [1.807, 2.05) is 37.4 Å². The summed E-state index contributed by atoms with van der Waals surface area (Å²) in [4.78, 5) is 9.13. The van der Waals surface area contributed by atoms with Crippen molar-refractivity contribution in [3.8, 4) is 5.75 Å². The zero-order chi connectivity index (χ0) is 21.0. The van der Waals surface area contributed by atoms with E-state index in [9.17, 15) is 0 Å². The van der Waals surface area contributed by atoms with E-state index in [0.29, 0.717) is 12.1 Å². The monoisotopic (exact) mass is 412 g/mol. The quantitative estimate of drug-likeness (QED) is 0.480. The van der Waals surface area contributed by atoms with Gasteiger partial charge in [-0.3, -0.25) is 0 Å². The third kappa shape index (κ3) is 4.71. The Balaban J connectivity index is 1.26. The smallest absolute Gasteiger partial charge is 0.229 e. The molecule has 0 amide bonds. The van der Waals surface area contributed by atoms with Crippen molar-refractivity contribution in [2.75, 3.05) is 10.6 Å². The Labute approximate surface area is 183 Å². The van der Waals surface area contributed by atoms with Crippen molar-refractivity contribution < 1.29 is 4.74 Å². The lowest BCUT2D eigenvalue weighted by atomic mass is 9.98. The van der Waals surface area contributed by atoms with Crippen LogP contribution in [0.4, 0.5) is 23.1 Å². The van der Waals surface area contributed by atoms with Crippen LogP contribution in [0, 0.1) is 6.92 Å². The fourth-order valence-electron chi connectivity index (χ4n) is 4.21. The van der Waals surface area contributed by atoms with E-state index in [2.05, 4.69) is 51.0 Å². The number of nitrogens with zero attached hydrogens (tertiary/aromatic N) is 2. The van der Waals surface area contributed by atoms with Crippen molar-refractivity contribution in [2.24, 2.45) is 0 Å². The Morgan fingerprint density at radius 3 is 2.58 bits per heavy atom. The summed E-state index contributed by atoms with van der Waals surface area (Å²) in [6.07, 6.45) is 13.8. The van der Waals surface area contributed by atoms with Gasteiger partial charge in [0, 0.05) is 23.1 Å². The SMILES string of the molecule is Cc1cnc(Nc2ccc(OC3CCCCC3)cc2)nc1Nc1ccc2c(c1)C=CC2. The van der Waals surface area contributed by atoms with Crippen molar-refractivity contribution in [3.63, 3.8) is 0 Å². The Kier molecular flexibility index (Phi) is 5.57. The molecule has 5 rings (SSSR count). The lowest BCUT2D eigenvalue weighted by Crippen LogP contribution is -2.19. The molecule has 1 aromatic heterocycles. The van der Waals surface area contributed by atoms with E-state index in [4.69, 9.17) is 4.74 Å². The van der Waals surface area contributed by atoms with Crippen LogP contribution in [-0.4, -0.2) is 16.1 Å². The van der Waals surface area contributed by atoms with Gasteiger partial charge >= 0.3 is 0 Å². The standard InChI is InChI=1S/C26H28N4O/c1-18-17-27-26(30-25(18)28-22-11-10-19-6-5-7-20(19)16-22)29-21-12-14-24(15-13-21)31-23-8-3-2-4-9-23/h5,7,10-17,23H,2-4,6,8-9H2,1H3,(H2,27,28,29,30). The normalized spacial score (nSPS) is 15.5. The van der Waals surface area contributed by atoms with Crippen LogP contribution < -0.4 is 15.4 Å². The Bertz CT molecular complexity index is 1090. The summed E-state index contributed by atoms with van der Waals surface area (Å²) in [5.41, 5.74) is 5.60. The number of nitrogens with one attached hydrogen (secondary N) is 2. The van der Waals surface area contributed by atoms with Gasteiger partial charge < -0.3 is 15.4 Å². The van der Waals surface area contributed by atoms with Crippen molar-refractivity contribution in [3.05, 3.63) is 71.4 Å². The van der Waals surface area contributed by atoms with E-state index < -0.39 is 0 Å². The van der Waals surface area contributed by atoms with Gasteiger partial charge in [-0.25, -0.2) is 4.98 Å². The molecule has 5 heteroatoms. The third-order valence-electron chi connectivity index (χ3n) is 5.98. The summed E-state index contributed by atoms with van der Waals surface area (Å²) < 4.78 is 6.12. The van der Waals surface area contributed by atoms with Gasteiger partial charge in [-0.15, -0.1) is 0 Å². The molecule has 0 atom stereocenters. The molecule has 1 heterocycles.